The van der Waals surface area contributed by atoms with E-state index in [0.717, 1.165) is 12.8 Å². The Balaban J connectivity index is 2.29. The standard InChI is InChI=1S/C13H26O3Si2/c1-6-13(14)15-10-7-8-12-9-11-17(2,3)18(4,5)16-12/h6,12H,1,7-11H2,2-5H3. The monoisotopic (exact) mass is 286 g/mol. The highest BCUT2D eigenvalue weighted by molar-refractivity contribution is 7.38. The molecule has 0 saturated carbocycles. The van der Waals surface area contributed by atoms with E-state index in [-0.39, 0.29) is 5.97 Å². The molecule has 0 radical (unpaired) electrons. The molecule has 0 aromatic carbocycles. The predicted octanol–water partition coefficient (Wildman–Crippen LogP) is 3.28. The van der Waals surface area contributed by atoms with Gasteiger partial charge in [-0.25, -0.2) is 4.79 Å². The Labute approximate surface area is 112 Å². The Morgan fingerprint density at radius 2 is 2.11 bits per heavy atom. The third kappa shape index (κ3) is 4.07. The van der Waals surface area contributed by atoms with Crippen molar-refractivity contribution in [2.75, 3.05) is 6.61 Å². The third-order valence-electron chi connectivity index (χ3n) is 4.26. The summed E-state index contributed by atoms with van der Waals surface area (Å²) in [6, 6.07) is 1.38. The number of hydrogen-bond donors (Lipinski definition) is 0. The molecule has 0 N–H and O–H groups in total. The van der Waals surface area contributed by atoms with Gasteiger partial charge in [0.05, 0.1) is 14.2 Å². The van der Waals surface area contributed by atoms with E-state index in [1.807, 2.05) is 0 Å². The molecule has 0 bridgehead atoms. The zero-order valence-electron chi connectivity index (χ0n) is 12.1. The highest BCUT2D eigenvalue weighted by Crippen LogP contribution is 2.34. The van der Waals surface area contributed by atoms with Gasteiger partial charge in [0.15, 0.2) is 7.83 Å². The van der Waals surface area contributed by atoms with E-state index in [9.17, 15) is 4.79 Å². The van der Waals surface area contributed by atoms with E-state index >= 15 is 0 Å². The summed E-state index contributed by atoms with van der Waals surface area (Å²) in [5, 5.41) is 0. The quantitative estimate of drug-likeness (QED) is 0.337. The van der Waals surface area contributed by atoms with Crippen LogP contribution >= 0.6 is 0 Å². The fourth-order valence-electron chi connectivity index (χ4n) is 2.20. The fraction of sp³-hybridized carbons (Fsp3) is 0.769. The number of carbonyl (C=O) groups is 1. The first-order chi connectivity index (χ1) is 8.28. The molecule has 0 amide bonds. The second kappa shape index (κ2) is 6.17. The molecule has 3 nitrogen and oxygen atoms in total. The maximum atomic E-state index is 10.9. The molecule has 0 aromatic heterocycles. The van der Waals surface area contributed by atoms with Gasteiger partial charge in [0.1, 0.15) is 0 Å². The van der Waals surface area contributed by atoms with E-state index < -0.39 is 15.4 Å². The minimum absolute atomic E-state index is 0.331. The highest BCUT2D eigenvalue weighted by Gasteiger charge is 2.47. The molecule has 1 atom stereocenters. The smallest absolute Gasteiger partial charge is 0.330 e. The lowest BCUT2D eigenvalue weighted by atomic mass is 10.1. The van der Waals surface area contributed by atoms with Crippen molar-refractivity contribution in [3.05, 3.63) is 12.7 Å². The Morgan fingerprint density at radius 3 is 2.67 bits per heavy atom. The largest absolute Gasteiger partial charge is 0.463 e. The number of esters is 1. The van der Waals surface area contributed by atoms with Crippen LogP contribution in [-0.2, 0) is 14.0 Å². The lowest BCUT2D eigenvalue weighted by molar-refractivity contribution is -0.137. The average molecular weight is 287 g/mol. The maximum Gasteiger partial charge on any atom is 0.330 e. The van der Waals surface area contributed by atoms with Gasteiger partial charge in [-0.2, -0.15) is 0 Å². The van der Waals surface area contributed by atoms with Gasteiger partial charge in [0, 0.05) is 12.2 Å². The van der Waals surface area contributed by atoms with Crippen molar-refractivity contribution in [3.63, 3.8) is 0 Å². The van der Waals surface area contributed by atoms with Crippen molar-refractivity contribution >= 4 is 21.4 Å². The number of ether oxygens (including phenoxy) is 1. The van der Waals surface area contributed by atoms with E-state index in [1.165, 1.54) is 18.5 Å². The van der Waals surface area contributed by atoms with Crippen LogP contribution in [0.2, 0.25) is 32.2 Å². The molecule has 1 unspecified atom stereocenters. The molecule has 1 rings (SSSR count). The summed E-state index contributed by atoms with van der Waals surface area (Å²) >= 11 is 0. The average Bonchev–Trinajstić information content (AvgIpc) is 2.28. The lowest BCUT2D eigenvalue weighted by Gasteiger charge is -2.45. The van der Waals surface area contributed by atoms with E-state index in [1.54, 1.807) is 0 Å². The van der Waals surface area contributed by atoms with Crippen molar-refractivity contribution in [3.8, 4) is 0 Å². The van der Waals surface area contributed by atoms with Gasteiger partial charge >= 0.3 is 5.97 Å². The molecule has 1 aliphatic heterocycles. The van der Waals surface area contributed by atoms with Crippen molar-refractivity contribution in [2.24, 2.45) is 0 Å². The molecule has 1 saturated heterocycles. The van der Waals surface area contributed by atoms with Crippen molar-refractivity contribution in [2.45, 2.75) is 57.6 Å². The molecular formula is C13H26O3Si2. The summed E-state index contributed by atoms with van der Waals surface area (Å²) in [5.74, 6) is -0.331. The zero-order valence-corrected chi connectivity index (χ0v) is 14.1. The van der Waals surface area contributed by atoms with Gasteiger partial charge < -0.3 is 9.16 Å². The van der Waals surface area contributed by atoms with Crippen LogP contribution in [0.25, 0.3) is 0 Å². The lowest BCUT2D eigenvalue weighted by Crippen LogP contribution is -2.61. The van der Waals surface area contributed by atoms with Crippen LogP contribution in [0, 0.1) is 0 Å². The summed E-state index contributed by atoms with van der Waals surface area (Å²) in [4.78, 5) is 10.9. The van der Waals surface area contributed by atoms with Gasteiger partial charge in [-0.05, 0) is 32.4 Å². The van der Waals surface area contributed by atoms with E-state index in [2.05, 4.69) is 32.8 Å². The first-order valence-electron chi connectivity index (χ1n) is 6.75. The van der Waals surface area contributed by atoms with Gasteiger partial charge in [0.25, 0.3) is 0 Å². The fourth-order valence-corrected chi connectivity index (χ4v) is 8.93. The zero-order chi connectivity index (χ0) is 13.8. The van der Waals surface area contributed by atoms with E-state index in [4.69, 9.17) is 9.16 Å². The molecule has 1 aliphatic rings. The normalized spacial score (nSPS) is 25.4. The molecule has 104 valence electrons. The van der Waals surface area contributed by atoms with Crippen molar-refractivity contribution < 1.29 is 14.0 Å². The topological polar surface area (TPSA) is 35.5 Å². The van der Waals surface area contributed by atoms with Crippen LogP contribution in [0.5, 0.6) is 0 Å². The van der Waals surface area contributed by atoms with Gasteiger partial charge in [0.2, 0.25) is 0 Å². The van der Waals surface area contributed by atoms with Gasteiger partial charge in [-0.1, -0.05) is 25.7 Å². The molecule has 0 spiro atoms. The molecule has 1 fully saturated rings. The Bertz CT molecular complexity index is 313. The molecule has 18 heavy (non-hydrogen) atoms. The summed E-state index contributed by atoms with van der Waals surface area (Å²) < 4.78 is 11.3. The summed E-state index contributed by atoms with van der Waals surface area (Å²) in [6.45, 7) is 13.5. The second-order valence-corrected chi connectivity index (χ2v) is 21.4. The Hall–Kier alpha value is -0.396. The third-order valence-corrected chi connectivity index (χ3v) is 20.9. The minimum atomic E-state index is -1.46. The SMILES string of the molecule is C=CC(=O)OCCCC1CC[Si](C)(C)[Si](C)(C)O1. The summed E-state index contributed by atoms with van der Waals surface area (Å²) in [6.07, 6.45) is 4.67. The van der Waals surface area contributed by atoms with Crippen LogP contribution in [0.3, 0.4) is 0 Å². The molecule has 1 heterocycles. The first-order valence-corrected chi connectivity index (χ1v) is 13.9. The maximum absolute atomic E-state index is 10.9. The van der Waals surface area contributed by atoms with Crippen LogP contribution in [0.1, 0.15) is 19.3 Å². The first kappa shape index (κ1) is 15.7. The number of carbonyl (C=O) groups excluding carboxylic acids is 1. The molecule has 5 heteroatoms. The summed E-state index contributed by atoms with van der Waals surface area (Å²) in [7, 11) is -2.57. The van der Waals surface area contributed by atoms with Crippen LogP contribution in [-0.4, -0.2) is 34.1 Å². The second-order valence-electron chi connectivity index (χ2n) is 6.19. The van der Waals surface area contributed by atoms with Crippen molar-refractivity contribution in [1.29, 1.82) is 0 Å². The van der Waals surface area contributed by atoms with Crippen LogP contribution in [0.4, 0.5) is 0 Å². The number of rotatable bonds is 5. The highest BCUT2D eigenvalue weighted by atomic mass is 29.3. The molecule has 0 aromatic rings. The predicted molar refractivity (Wildman–Crippen MR) is 79.7 cm³/mol. The number of hydrogen-bond acceptors (Lipinski definition) is 3. The Morgan fingerprint density at radius 1 is 1.44 bits per heavy atom. The van der Waals surface area contributed by atoms with Crippen LogP contribution in [0.15, 0.2) is 12.7 Å². The minimum Gasteiger partial charge on any atom is -0.463 e. The Kier molecular flexibility index (Phi) is 5.37. The van der Waals surface area contributed by atoms with E-state index in [0.29, 0.717) is 12.7 Å². The van der Waals surface area contributed by atoms with Gasteiger partial charge in [-0.3, -0.25) is 0 Å². The van der Waals surface area contributed by atoms with Gasteiger partial charge in [-0.15, -0.1) is 0 Å². The summed E-state index contributed by atoms with van der Waals surface area (Å²) in [5.41, 5.74) is 0. The van der Waals surface area contributed by atoms with Crippen molar-refractivity contribution in [1.82, 2.24) is 0 Å². The molecule has 0 aliphatic carbocycles. The van der Waals surface area contributed by atoms with Crippen LogP contribution < -0.4 is 0 Å². The molecular weight excluding hydrogens is 260 g/mol.